The van der Waals surface area contributed by atoms with Gasteiger partial charge in [-0.2, -0.15) is 0 Å². The molecule has 0 aliphatic carbocycles. The monoisotopic (exact) mass is 292 g/mol. The van der Waals surface area contributed by atoms with Crippen LogP contribution >= 0.6 is 0 Å². The van der Waals surface area contributed by atoms with Crippen LogP contribution in [0.25, 0.3) is 10.9 Å². The van der Waals surface area contributed by atoms with E-state index in [0.717, 1.165) is 16.5 Å². The van der Waals surface area contributed by atoms with Crippen molar-refractivity contribution in [2.75, 3.05) is 0 Å². The lowest BCUT2D eigenvalue weighted by Gasteiger charge is -2.38. The number of H-pyrrole nitrogens is 1. The molecule has 0 saturated carbocycles. The first-order chi connectivity index (χ1) is 9.70. The Labute approximate surface area is 123 Å². The van der Waals surface area contributed by atoms with Gasteiger partial charge in [-0.05, 0) is 57.9 Å². The lowest BCUT2D eigenvalue weighted by molar-refractivity contribution is 0.0756. The molecule has 114 valence electrons. The zero-order chi connectivity index (χ0) is 15.8. The molecule has 1 aromatic heterocycles. The molecule has 0 fully saturated rings. The van der Waals surface area contributed by atoms with E-state index in [1.54, 1.807) is 6.07 Å². The van der Waals surface area contributed by atoms with Gasteiger partial charge in [0.2, 0.25) is 0 Å². The first-order valence-electron chi connectivity index (χ1n) is 6.98. The number of rotatable bonds is 3. The Morgan fingerprint density at radius 3 is 2.67 bits per heavy atom. The van der Waals surface area contributed by atoms with E-state index in [2.05, 4.69) is 4.98 Å². The van der Waals surface area contributed by atoms with Crippen LogP contribution in [0.5, 0.6) is 0 Å². The van der Waals surface area contributed by atoms with E-state index in [1.165, 1.54) is 17.0 Å². The maximum Gasteiger partial charge on any atom is 0.407 e. The van der Waals surface area contributed by atoms with Crippen LogP contribution < -0.4 is 0 Å². The second kappa shape index (κ2) is 5.39. The van der Waals surface area contributed by atoms with Crippen molar-refractivity contribution in [3.05, 3.63) is 35.8 Å². The third kappa shape index (κ3) is 3.17. The molecule has 1 atom stereocenters. The van der Waals surface area contributed by atoms with E-state index in [0.29, 0.717) is 6.42 Å². The van der Waals surface area contributed by atoms with Gasteiger partial charge in [-0.15, -0.1) is 0 Å². The van der Waals surface area contributed by atoms with Gasteiger partial charge in [-0.25, -0.2) is 9.18 Å². The lowest BCUT2D eigenvalue weighted by Crippen LogP contribution is -2.50. The van der Waals surface area contributed by atoms with Crippen molar-refractivity contribution in [3.8, 4) is 0 Å². The highest BCUT2D eigenvalue weighted by molar-refractivity contribution is 5.83. The molecule has 0 aliphatic heterocycles. The molecule has 4 nitrogen and oxygen atoms in total. The SMILES string of the molecule is CC(Cc1c[nH]c2ccc(F)cc12)N(C(=O)O)C(C)(C)C. The molecule has 2 aromatic rings. The van der Waals surface area contributed by atoms with Crippen LogP contribution in [0.2, 0.25) is 0 Å². The summed E-state index contributed by atoms with van der Waals surface area (Å²) in [5, 5.41) is 10.2. The summed E-state index contributed by atoms with van der Waals surface area (Å²) in [5.41, 5.74) is 1.30. The van der Waals surface area contributed by atoms with Crippen LogP contribution in [0, 0.1) is 5.82 Å². The van der Waals surface area contributed by atoms with E-state index in [4.69, 9.17) is 0 Å². The largest absolute Gasteiger partial charge is 0.465 e. The zero-order valence-electron chi connectivity index (χ0n) is 12.8. The fourth-order valence-electron chi connectivity index (χ4n) is 2.87. The Hall–Kier alpha value is -2.04. The molecule has 1 amide bonds. The zero-order valence-corrected chi connectivity index (χ0v) is 12.8. The molecule has 1 unspecified atom stereocenters. The lowest BCUT2D eigenvalue weighted by atomic mass is 9.99. The summed E-state index contributed by atoms with van der Waals surface area (Å²) in [6.45, 7) is 7.48. The molecule has 0 bridgehead atoms. The first kappa shape index (κ1) is 15.4. The van der Waals surface area contributed by atoms with Gasteiger partial charge in [-0.3, -0.25) is 0 Å². The molecule has 0 spiro atoms. The van der Waals surface area contributed by atoms with E-state index in [1.807, 2.05) is 33.9 Å². The Bertz CT molecular complexity index is 658. The first-order valence-corrected chi connectivity index (χ1v) is 6.98. The molecule has 2 N–H and O–H groups in total. The highest BCUT2D eigenvalue weighted by Crippen LogP contribution is 2.24. The minimum absolute atomic E-state index is 0.204. The van der Waals surface area contributed by atoms with E-state index < -0.39 is 11.6 Å². The van der Waals surface area contributed by atoms with Crippen molar-refractivity contribution in [2.24, 2.45) is 0 Å². The van der Waals surface area contributed by atoms with Crippen molar-refractivity contribution >= 4 is 17.0 Å². The van der Waals surface area contributed by atoms with Crippen LogP contribution in [0.1, 0.15) is 33.3 Å². The fourth-order valence-corrected chi connectivity index (χ4v) is 2.87. The van der Waals surface area contributed by atoms with Crippen molar-refractivity contribution < 1.29 is 14.3 Å². The number of carbonyl (C=O) groups is 1. The number of aromatic amines is 1. The van der Waals surface area contributed by atoms with Gasteiger partial charge in [0.15, 0.2) is 0 Å². The standard InChI is InChI=1S/C16H21FN2O2/c1-10(19(15(20)21)16(2,3)4)7-11-9-18-14-6-5-12(17)8-13(11)14/h5-6,8-10,18H,7H2,1-4H3,(H,20,21). The number of nitrogens with zero attached hydrogens (tertiary/aromatic N) is 1. The molecule has 1 heterocycles. The molecule has 0 saturated heterocycles. The highest BCUT2D eigenvalue weighted by Gasteiger charge is 2.31. The van der Waals surface area contributed by atoms with Crippen molar-refractivity contribution in [1.82, 2.24) is 9.88 Å². The van der Waals surface area contributed by atoms with E-state index in [9.17, 15) is 14.3 Å². The second-order valence-electron chi connectivity index (χ2n) is 6.38. The summed E-state index contributed by atoms with van der Waals surface area (Å²) in [6, 6.07) is 4.38. The number of hydrogen-bond donors (Lipinski definition) is 2. The predicted molar refractivity (Wildman–Crippen MR) is 81.0 cm³/mol. The summed E-state index contributed by atoms with van der Waals surface area (Å²) in [6.07, 6.45) is 1.41. The predicted octanol–water partition coefficient (Wildman–Crippen LogP) is 4.02. The summed E-state index contributed by atoms with van der Waals surface area (Å²) in [7, 11) is 0. The molecule has 0 radical (unpaired) electrons. The average molecular weight is 292 g/mol. The molecule has 0 aliphatic rings. The number of benzene rings is 1. The van der Waals surface area contributed by atoms with Crippen LogP contribution in [-0.2, 0) is 6.42 Å². The Balaban J connectivity index is 2.30. The summed E-state index contributed by atoms with van der Waals surface area (Å²) < 4.78 is 13.4. The number of halogens is 1. The minimum Gasteiger partial charge on any atom is -0.465 e. The van der Waals surface area contributed by atoms with Gasteiger partial charge >= 0.3 is 6.09 Å². The van der Waals surface area contributed by atoms with E-state index in [-0.39, 0.29) is 11.9 Å². The molecule has 21 heavy (non-hydrogen) atoms. The molecule has 5 heteroatoms. The maximum absolute atomic E-state index is 13.4. The van der Waals surface area contributed by atoms with Gasteiger partial charge in [0.25, 0.3) is 0 Å². The summed E-state index contributed by atoms with van der Waals surface area (Å²) >= 11 is 0. The number of fused-ring (bicyclic) bond motifs is 1. The van der Waals surface area contributed by atoms with Crippen LogP contribution in [0.3, 0.4) is 0 Å². The van der Waals surface area contributed by atoms with Gasteiger partial charge in [0.05, 0.1) is 0 Å². The normalized spacial score (nSPS) is 13.4. The van der Waals surface area contributed by atoms with Crippen molar-refractivity contribution in [3.63, 3.8) is 0 Å². The summed E-state index contributed by atoms with van der Waals surface area (Å²) in [4.78, 5) is 16.0. The number of nitrogens with one attached hydrogen (secondary N) is 1. The fraction of sp³-hybridized carbons (Fsp3) is 0.438. The van der Waals surface area contributed by atoms with E-state index >= 15 is 0 Å². The Kier molecular flexibility index (Phi) is 3.94. The molecule has 2 rings (SSSR count). The van der Waals surface area contributed by atoms with Crippen LogP contribution in [0.4, 0.5) is 9.18 Å². The third-order valence-electron chi connectivity index (χ3n) is 3.61. The minimum atomic E-state index is -0.943. The smallest absolute Gasteiger partial charge is 0.407 e. The summed E-state index contributed by atoms with van der Waals surface area (Å²) in [5.74, 6) is -0.290. The second-order valence-corrected chi connectivity index (χ2v) is 6.38. The molecular weight excluding hydrogens is 271 g/mol. The van der Waals surface area contributed by atoms with Gasteiger partial charge in [0.1, 0.15) is 5.82 Å². The average Bonchev–Trinajstić information content (AvgIpc) is 2.69. The Morgan fingerprint density at radius 2 is 2.10 bits per heavy atom. The molecule has 1 aromatic carbocycles. The molecular formula is C16H21FN2O2. The van der Waals surface area contributed by atoms with Crippen molar-refractivity contribution in [1.29, 1.82) is 0 Å². The number of hydrogen-bond acceptors (Lipinski definition) is 1. The Morgan fingerprint density at radius 1 is 1.43 bits per heavy atom. The van der Waals surface area contributed by atoms with Gasteiger partial charge < -0.3 is 15.0 Å². The highest BCUT2D eigenvalue weighted by atomic mass is 19.1. The van der Waals surface area contributed by atoms with Crippen molar-refractivity contribution in [2.45, 2.75) is 45.7 Å². The number of aromatic nitrogens is 1. The topological polar surface area (TPSA) is 56.3 Å². The van der Waals surface area contributed by atoms with Crippen LogP contribution in [0.15, 0.2) is 24.4 Å². The van der Waals surface area contributed by atoms with Crippen LogP contribution in [-0.4, -0.2) is 32.7 Å². The quantitative estimate of drug-likeness (QED) is 0.897. The van der Waals surface area contributed by atoms with Gasteiger partial charge in [-0.1, -0.05) is 0 Å². The maximum atomic E-state index is 13.4. The third-order valence-corrected chi connectivity index (χ3v) is 3.61. The number of amides is 1. The number of carboxylic acid groups (broad SMARTS) is 1. The van der Waals surface area contributed by atoms with Gasteiger partial charge in [0, 0.05) is 28.7 Å².